The number of para-hydroxylation sites is 1. The SMILES string of the molecule is CC(C)[C@H](N[C@@H](C)C(F)(F)F)C(=O)N1C[C@H]2[C@@H]([C@H]1C(=O)N[C@@H](C[C@@H]1CCNC1=O)C(=O)c1nc3ccccc3s1)C2(C)C. The molecule has 2 aromatic rings. The number of fused-ring (bicyclic) bond motifs is 2. The Morgan fingerprint density at radius 2 is 1.88 bits per heavy atom. The molecule has 0 radical (unpaired) electrons. The highest BCUT2D eigenvalue weighted by molar-refractivity contribution is 7.20. The number of carbonyl (C=O) groups is 4. The van der Waals surface area contributed by atoms with Crippen LogP contribution >= 0.6 is 11.3 Å². The molecule has 43 heavy (non-hydrogen) atoms. The average molecular weight is 622 g/mol. The average Bonchev–Trinajstić information content (AvgIpc) is 3.45. The molecule has 234 valence electrons. The molecule has 2 aliphatic heterocycles. The number of piperidine rings is 1. The molecule has 3 N–H and O–H groups in total. The number of hydrogen-bond acceptors (Lipinski definition) is 7. The van der Waals surface area contributed by atoms with Crippen LogP contribution in [0.1, 0.15) is 57.3 Å². The Morgan fingerprint density at radius 1 is 1.19 bits per heavy atom. The molecule has 9 nitrogen and oxygen atoms in total. The minimum absolute atomic E-state index is 0.000856. The van der Waals surface area contributed by atoms with E-state index in [0.29, 0.717) is 18.5 Å². The lowest BCUT2D eigenvalue weighted by molar-refractivity contribution is -0.158. The number of amides is 3. The second-order valence-electron chi connectivity index (χ2n) is 13.0. The van der Waals surface area contributed by atoms with Crippen LogP contribution < -0.4 is 16.0 Å². The minimum atomic E-state index is -4.54. The number of carbonyl (C=O) groups excluding carboxylic acids is 4. The third kappa shape index (κ3) is 6.02. The zero-order valence-corrected chi connectivity index (χ0v) is 25.6. The fourth-order valence-electron chi connectivity index (χ4n) is 6.67. The Morgan fingerprint density at radius 3 is 2.49 bits per heavy atom. The van der Waals surface area contributed by atoms with Crippen molar-refractivity contribution in [3.8, 4) is 0 Å². The second-order valence-corrected chi connectivity index (χ2v) is 14.0. The highest BCUT2D eigenvalue weighted by Crippen LogP contribution is 2.65. The summed E-state index contributed by atoms with van der Waals surface area (Å²) in [7, 11) is 0. The third-order valence-corrected chi connectivity index (χ3v) is 10.5. The highest BCUT2D eigenvalue weighted by atomic mass is 32.1. The topological polar surface area (TPSA) is 120 Å². The van der Waals surface area contributed by atoms with Crippen molar-refractivity contribution in [2.45, 2.75) is 77.8 Å². The van der Waals surface area contributed by atoms with Gasteiger partial charge >= 0.3 is 6.18 Å². The summed E-state index contributed by atoms with van der Waals surface area (Å²) < 4.78 is 41.0. The van der Waals surface area contributed by atoms with Crippen LogP contribution in [-0.4, -0.2) is 76.8 Å². The number of thiazole rings is 1. The number of aromatic nitrogens is 1. The lowest BCUT2D eigenvalue weighted by Gasteiger charge is -2.36. The van der Waals surface area contributed by atoms with Crippen molar-refractivity contribution in [1.29, 1.82) is 0 Å². The van der Waals surface area contributed by atoms with Gasteiger partial charge in [0.25, 0.3) is 0 Å². The van der Waals surface area contributed by atoms with Gasteiger partial charge in [0.15, 0.2) is 5.01 Å². The fraction of sp³-hybridized carbons (Fsp3) is 0.633. The molecular weight excluding hydrogens is 583 g/mol. The molecule has 1 aromatic carbocycles. The van der Waals surface area contributed by atoms with Gasteiger partial charge in [-0.1, -0.05) is 39.8 Å². The van der Waals surface area contributed by atoms with Crippen LogP contribution in [0.15, 0.2) is 24.3 Å². The lowest BCUT2D eigenvalue weighted by atomic mass is 9.94. The van der Waals surface area contributed by atoms with E-state index in [0.717, 1.165) is 11.6 Å². The molecule has 3 fully saturated rings. The van der Waals surface area contributed by atoms with Gasteiger partial charge in [-0.05, 0) is 55.1 Å². The Kier molecular flexibility index (Phi) is 8.36. The maximum absolute atomic E-state index is 14.1. The quantitative estimate of drug-likeness (QED) is 0.349. The summed E-state index contributed by atoms with van der Waals surface area (Å²) in [5.74, 6) is -2.89. The molecule has 1 aromatic heterocycles. The van der Waals surface area contributed by atoms with E-state index in [1.54, 1.807) is 19.9 Å². The lowest BCUT2D eigenvalue weighted by Crippen LogP contribution is -2.60. The molecule has 0 unspecified atom stereocenters. The van der Waals surface area contributed by atoms with Crippen molar-refractivity contribution in [3.63, 3.8) is 0 Å². The van der Waals surface area contributed by atoms with Crippen molar-refractivity contribution in [1.82, 2.24) is 25.8 Å². The molecule has 3 amide bonds. The van der Waals surface area contributed by atoms with Gasteiger partial charge in [-0.25, -0.2) is 4.98 Å². The number of likely N-dealkylation sites (tertiary alicyclic amines) is 1. The van der Waals surface area contributed by atoms with E-state index in [1.165, 1.54) is 16.2 Å². The van der Waals surface area contributed by atoms with Crippen molar-refractivity contribution in [2.75, 3.05) is 13.1 Å². The Bertz CT molecular complexity index is 1390. The van der Waals surface area contributed by atoms with E-state index in [1.807, 2.05) is 32.0 Å². The molecule has 1 aliphatic carbocycles. The largest absolute Gasteiger partial charge is 0.403 e. The smallest absolute Gasteiger partial charge is 0.356 e. The normalized spacial score (nSPS) is 26.6. The number of rotatable bonds is 10. The van der Waals surface area contributed by atoms with Gasteiger partial charge in [-0.3, -0.25) is 24.5 Å². The Hall–Kier alpha value is -3.06. The number of alkyl halides is 3. The first kappa shape index (κ1) is 31.4. The summed E-state index contributed by atoms with van der Waals surface area (Å²) in [6.45, 7) is 9.00. The van der Waals surface area contributed by atoms with E-state index in [4.69, 9.17) is 0 Å². The molecular formula is C30H38F3N5O4S. The number of Topliss-reactive ketones (excluding diaryl/α,β-unsaturated/α-hetero) is 1. The van der Waals surface area contributed by atoms with Crippen LogP contribution in [-0.2, 0) is 14.4 Å². The van der Waals surface area contributed by atoms with E-state index in [-0.39, 0.29) is 41.1 Å². The summed E-state index contributed by atoms with van der Waals surface area (Å²) >= 11 is 1.20. The third-order valence-electron chi connectivity index (χ3n) is 9.43. The first-order chi connectivity index (χ1) is 20.1. The molecule has 0 spiro atoms. The van der Waals surface area contributed by atoms with E-state index >= 15 is 0 Å². The van der Waals surface area contributed by atoms with Crippen LogP contribution in [0.25, 0.3) is 10.2 Å². The van der Waals surface area contributed by atoms with Crippen molar-refractivity contribution >= 4 is 45.1 Å². The number of ketones is 1. The van der Waals surface area contributed by atoms with Crippen molar-refractivity contribution in [3.05, 3.63) is 29.3 Å². The fourth-order valence-corrected chi connectivity index (χ4v) is 7.63. The van der Waals surface area contributed by atoms with Gasteiger partial charge in [0, 0.05) is 19.0 Å². The van der Waals surface area contributed by atoms with Gasteiger partial charge in [-0.15, -0.1) is 11.3 Å². The Labute approximate surface area is 252 Å². The van der Waals surface area contributed by atoms with E-state index < -0.39 is 59.8 Å². The second kappa shape index (κ2) is 11.5. The molecule has 5 rings (SSSR count). The van der Waals surface area contributed by atoms with Gasteiger partial charge < -0.3 is 15.5 Å². The first-order valence-electron chi connectivity index (χ1n) is 14.7. The van der Waals surface area contributed by atoms with E-state index in [2.05, 4.69) is 20.9 Å². The maximum atomic E-state index is 14.1. The maximum Gasteiger partial charge on any atom is 0.403 e. The number of nitrogens with one attached hydrogen (secondary N) is 3. The summed E-state index contributed by atoms with van der Waals surface area (Å²) in [4.78, 5) is 60.0. The van der Waals surface area contributed by atoms with Gasteiger partial charge in [0.05, 0.1) is 22.3 Å². The predicted molar refractivity (Wildman–Crippen MR) is 155 cm³/mol. The molecule has 2 saturated heterocycles. The predicted octanol–water partition coefficient (Wildman–Crippen LogP) is 3.54. The Balaban J connectivity index is 1.41. The van der Waals surface area contributed by atoms with Crippen LogP contribution in [0.5, 0.6) is 0 Å². The van der Waals surface area contributed by atoms with Gasteiger partial charge in [0.1, 0.15) is 12.1 Å². The summed E-state index contributed by atoms with van der Waals surface area (Å²) in [5, 5.41) is 8.27. The molecule has 7 atom stereocenters. The van der Waals surface area contributed by atoms with E-state index in [9.17, 15) is 32.3 Å². The molecule has 3 heterocycles. The summed E-state index contributed by atoms with van der Waals surface area (Å²) in [5.41, 5.74) is 0.395. The van der Waals surface area contributed by atoms with Crippen molar-refractivity contribution < 1.29 is 32.3 Å². The summed E-state index contributed by atoms with van der Waals surface area (Å²) in [6, 6.07) is 2.18. The van der Waals surface area contributed by atoms with Crippen LogP contribution in [0.2, 0.25) is 0 Å². The highest BCUT2D eigenvalue weighted by Gasteiger charge is 2.69. The number of benzene rings is 1. The number of halogens is 3. The number of hydrogen-bond donors (Lipinski definition) is 3. The first-order valence-corrected chi connectivity index (χ1v) is 15.5. The minimum Gasteiger partial charge on any atom is -0.356 e. The summed E-state index contributed by atoms with van der Waals surface area (Å²) in [6.07, 6.45) is -3.95. The zero-order valence-electron chi connectivity index (χ0n) is 24.8. The number of nitrogens with zero attached hydrogens (tertiary/aromatic N) is 2. The van der Waals surface area contributed by atoms with Crippen LogP contribution in [0.4, 0.5) is 13.2 Å². The molecule has 0 bridgehead atoms. The van der Waals surface area contributed by atoms with Crippen LogP contribution in [0.3, 0.4) is 0 Å². The molecule has 1 saturated carbocycles. The monoisotopic (exact) mass is 621 g/mol. The van der Waals surface area contributed by atoms with Gasteiger partial charge in [-0.2, -0.15) is 13.2 Å². The van der Waals surface area contributed by atoms with Crippen molar-refractivity contribution in [2.24, 2.45) is 29.1 Å². The van der Waals surface area contributed by atoms with Gasteiger partial charge in [0.2, 0.25) is 23.5 Å². The molecule has 13 heteroatoms. The molecule has 3 aliphatic rings. The zero-order chi connectivity index (χ0) is 31.4. The van der Waals surface area contributed by atoms with Crippen LogP contribution in [0, 0.1) is 29.1 Å². The standard InChI is InChI=1S/C30H38F3N5O4S/c1-14(2)22(35-15(3)30(31,32)33)28(42)38-13-17-21(29(17,4)5)23(38)26(41)36-19(12-16-10-11-34-25(16)40)24(39)27-37-18-8-6-7-9-20(18)43-27/h6-9,14-17,19,21-23,35H,10-13H2,1-5H3,(H,34,40)(H,36,41)/t15-,16-,17-,19-,21-,22-,23-/m0/s1.